The third-order valence-electron chi connectivity index (χ3n) is 3.92. The molecular weight excluding hydrogens is 262 g/mol. The van der Waals surface area contributed by atoms with E-state index in [9.17, 15) is 15.2 Å². The fraction of sp³-hybridized carbons (Fsp3) is 0.667. The van der Waals surface area contributed by atoms with Crippen LogP contribution in [0.3, 0.4) is 0 Å². The summed E-state index contributed by atoms with van der Waals surface area (Å²) in [4.78, 5) is 17.7. The van der Waals surface area contributed by atoms with E-state index >= 15 is 0 Å². The molecule has 8 nitrogen and oxygen atoms in total. The van der Waals surface area contributed by atoms with Crippen molar-refractivity contribution < 1.29 is 10.0 Å². The topological polar surface area (TPSA) is 127 Å². The maximum absolute atomic E-state index is 10.6. The number of rotatable bonds is 4. The fourth-order valence-electron chi connectivity index (χ4n) is 2.48. The second-order valence-electron chi connectivity index (χ2n) is 5.49. The third-order valence-corrected chi connectivity index (χ3v) is 3.92. The molecule has 0 spiro atoms. The van der Waals surface area contributed by atoms with Crippen LogP contribution in [-0.2, 0) is 0 Å². The largest absolute Gasteiger partial charge is 0.392 e. The first-order valence-corrected chi connectivity index (χ1v) is 6.61. The highest BCUT2D eigenvalue weighted by Gasteiger charge is 2.35. The number of nitrogens with two attached hydrogens (primary N) is 1. The SMILES string of the molecule is CC1(CNc2ncc([N+](=O)[O-])c(N)n2)CCCCC1O. The summed E-state index contributed by atoms with van der Waals surface area (Å²) in [5.74, 6) is 0.0777. The van der Waals surface area contributed by atoms with Gasteiger partial charge in [-0.1, -0.05) is 19.8 Å². The number of aliphatic hydroxyl groups is 1. The molecule has 1 heterocycles. The summed E-state index contributed by atoms with van der Waals surface area (Å²) in [6.45, 7) is 2.52. The van der Waals surface area contributed by atoms with Crippen LogP contribution in [0.4, 0.5) is 17.5 Å². The lowest BCUT2D eigenvalue weighted by Gasteiger charge is -2.38. The highest BCUT2D eigenvalue weighted by molar-refractivity contribution is 5.53. The first kappa shape index (κ1) is 14.4. The standard InChI is InChI=1S/C12H19N5O3/c1-12(5-3-2-4-9(12)18)7-15-11-14-6-8(17(19)20)10(13)16-11/h6,9,18H,2-5,7H2,1H3,(H3,13,14,15,16). The summed E-state index contributed by atoms with van der Waals surface area (Å²) in [7, 11) is 0. The van der Waals surface area contributed by atoms with Crippen LogP contribution in [-0.4, -0.2) is 32.6 Å². The first-order valence-electron chi connectivity index (χ1n) is 6.61. The molecule has 1 fully saturated rings. The Morgan fingerprint density at radius 2 is 2.40 bits per heavy atom. The number of hydrogen-bond acceptors (Lipinski definition) is 7. The Kier molecular flexibility index (Phi) is 4.03. The second-order valence-corrected chi connectivity index (χ2v) is 5.49. The van der Waals surface area contributed by atoms with Crippen LogP contribution in [0.1, 0.15) is 32.6 Å². The van der Waals surface area contributed by atoms with E-state index in [1.807, 2.05) is 6.92 Å². The lowest BCUT2D eigenvalue weighted by Crippen LogP contribution is -2.41. The minimum atomic E-state index is -0.620. The van der Waals surface area contributed by atoms with Crippen LogP contribution < -0.4 is 11.1 Å². The Bertz CT molecular complexity index is 510. The van der Waals surface area contributed by atoms with Crippen molar-refractivity contribution >= 4 is 17.5 Å². The van der Waals surface area contributed by atoms with E-state index in [0.29, 0.717) is 6.54 Å². The lowest BCUT2D eigenvalue weighted by molar-refractivity contribution is -0.384. The van der Waals surface area contributed by atoms with Crippen LogP contribution in [0.15, 0.2) is 6.20 Å². The predicted octanol–water partition coefficient (Wildman–Crippen LogP) is 1.32. The molecule has 2 unspecified atom stereocenters. The Morgan fingerprint density at radius 3 is 3.00 bits per heavy atom. The normalized spacial score (nSPS) is 26.2. The van der Waals surface area contributed by atoms with Crippen LogP contribution >= 0.6 is 0 Å². The molecule has 0 bridgehead atoms. The molecule has 0 saturated heterocycles. The Hall–Kier alpha value is -1.96. The molecule has 0 radical (unpaired) electrons. The number of hydrogen-bond donors (Lipinski definition) is 3. The average Bonchev–Trinajstić information content (AvgIpc) is 2.40. The highest BCUT2D eigenvalue weighted by Crippen LogP contribution is 2.36. The summed E-state index contributed by atoms with van der Waals surface area (Å²) >= 11 is 0. The van der Waals surface area contributed by atoms with E-state index < -0.39 is 4.92 Å². The lowest BCUT2D eigenvalue weighted by atomic mass is 9.73. The molecule has 4 N–H and O–H groups in total. The zero-order chi connectivity index (χ0) is 14.8. The van der Waals surface area contributed by atoms with Crippen LogP contribution in [0, 0.1) is 15.5 Å². The number of anilines is 2. The van der Waals surface area contributed by atoms with Gasteiger partial charge in [-0.05, 0) is 12.8 Å². The van der Waals surface area contributed by atoms with Gasteiger partial charge in [-0.2, -0.15) is 4.98 Å². The van der Waals surface area contributed by atoms with Crippen LogP contribution in [0.25, 0.3) is 0 Å². The molecule has 0 aliphatic heterocycles. The molecule has 2 rings (SSSR count). The van der Waals surface area contributed by atoms with Gasteiger partial charge in [-0.3, -0.25) is 10.1 Å². The Labute approximate surface area is 116 Å². The molecule has 1 aromatic rings. The maximum Gasteiger partial charge on any atom is 0.329 e. The van der Waals surface area contributed by atoms with E-state index in [2.05, 4.69) is 15.3 Å². The number of nitro groups is 1. The number of nitrogen functional groups attached to an aromatic ring is 1. The van der Waals surface area contributed by atoms with Gasteiger partial charge in [-0.25, -0.2) is 4.98 Å². The summed E-state index contributed by atoms with van der Waals surface area (Å²) in [6.07, 6.45) is 4.56. The smallest absolute Gasteiger partial charge is 0.329 e. The molecule has 1 aromatic heterocycles. The van der Waals surface area contributed by atoms with Gasteiger partial charge >= 0.3 is 5.69 Å². The van der Waals surface area contributed by atoms with Crippen molar-refractivity contribution in [3.05, 3.63) is 16.3 Å². The van der Waals surface area contributed by atoms with Gasteiger partial charge in [0.05, 0.1) is 11.0 Å². The number of nitrogens with zero attached hydrogens (tertiary/aromatic N) is 3. The van der Waals surface area contributed by atoms with Crippen molar-refractivity contribution in [1.82, 2.24) is 9.97 Å². The van der Waals surface area contributed by atoms with Crippen LogP contribution in [0.2, 0.25) is 0 Å². The highest BCUT2D eigenvalue weighted by atomic mass is 16.6. The van der Waals surface area contributed by atoms with Crippen molar-refractivity contribution in [2.45, 2.75) is 38.7 Å². The fourth-order valence-corrected chi connectivity index (χ4v) is 2.48. The number of nitrogens with one attached hydrogen (secondary N) is 1. The predicted molar refractivity (Wildman–Crippen MR) is 74.2 cm³/mol. The maximum atomic E-state index is 10.6. The van der Waals surface area contributed by atoms with Crippen molar-refractivity contribution in [3.63, 3.8) is 0 Å². The van der Waals surface area contributed by atoms with Crippen molar-refractivity contribution in [1.29, 1.82) is 0 Å². The number of aliphatic hydroxyl groups excluding tert-OH is 1. The summed E-state index contributed by atoms with van der Waals surface area (Å²) in [6, 6.07) is 0. The molecular formula is C12H19N5O3. The van der Waals surface area contributed by atoms with E-state index in [-0.39, 0.29) is 29.0 Å². The number of aromatic nitrogens is 2. The molecule has 1 aliphatic carbocycles. The molecule has 1 saturated carbocycles. The Morgan fingerprint density at radius 1 is 1.65 bits per heavy atom. The minimum Gasteiger partial charge on any atom is -0.392 e. The van der Waals surface area contributed by atoms with Gasteiger partial charge < -0.3 is 16.2 Å². The van der Waals surface area contributed by atoms with Gasteiger partial charge in [-0.15, -0.1) is 0 Å². The van der Waals surface area contributed by atoms with Crippen molar-refractivity contribution in [2.24, 2.45) is 5.41 Å². The molecule has 0 aromatic carbocycles. The summed E-state index contributed by atoms with van der Waals surface area (Å²) < 4.78 is 0. The van der Waals surface area contributed by atoms with Gasteiger partial charge in [0, 0.05) is 12.0 Å². The molecule has 110 valence electrons. The zero-order valence-electron chi connectivity index (χ0n) is 11.4. The molecule has 2 atom stereocenters. The van der Waals surface area contributed by atoms with Crippen LogP contribution in [0.5, 0.6) is 0 Å². The monoisotopic (exact) mass is 281 g/mol. The van der Waals surface area contributed by atoms with E-state index in [4.69, 9.17) is 5.73 Å². The van der Waals surface area contributed by atoms with Crippen molar-refractivity contribution in [2.75, 3.05) is 17.6 Å². The van der Waals surface area contributed by atoms with E-state index in [0.717, 1.165) is 31.9 Å². The molecule has 1 aliphatic rings. The third kappa shape index (κ3) is 2.96. The summed E-state index contributed by atoms with van der Waals surface area (Å²) in [5.41, 5.74) is 4.97. The first-order chi connectivity index (χ1) is 9.42. The minimum absolute atomic E-state index is 0.165. The molecule has 0 amide bonds. The quantitative estimate of drug-likeness (QED) is 0.561. The van der Waals surface area contributed by atoms with Gasteiger partial charge in [0.25, 0.3) is 0 Å². The molecule has 20 heavy (non-hydrogen) atoms. The van der Waals surface area contributed by atoms with E-state index in [1.54, 1.807) is 0 Å². The summed E-state index contributed by atoms with van der Waals surface area (Å²) in [5, 5.41) is 23.7. The van der Waals surface area contributed by atoms with Gasteiger partial charge in [0.1, 0.15) is 6.20 Å². The zero-order valence-corrected chi connectivity index (χ0v) is 11.4. The van der Waals surface area contributed by atoms with E-state index in [1.165, 1.54) is 0 Å². The molecule has 8 heteroatoms. The second kappa shape index (κ2) is 5.58. The van der Waals surface area contributed by atoms with Gasteiger partial charge in [0.15, 0.2) is 0 Å². The average molecular weight is 281 g/mol. The Balaban J connectivity index is 2.04. The van der Waals surface area contributed by atoms with Crippen molar-refractivity contribution in [3.8, 4) is 0 Å². The van der Waals surface area contributed by atoms with Gasteiger partial charge in [0.2, 0.25) is 11.8 Å².